The van der Waals surface area contributed by atoms with Crippen molar-refractivity contribution in [3.63, 3.8) is 0 Å². The van der Waals surface area contributed by atoms with Crippen molar-refractivity contribution in [1.82, 2.24) is 19.7 Å². The SMILES string of the molecule is CO/N=C/c1c2ccc(N(C)c3ccnc(Nc4ccc(C)c(S(N)(=O)=O)c4)n3)cc2nn1C. The van der Waals surface area contributed by atoms with E-state index in [4.69, 9.17) is 9.98 Å². The molecular weight excluding hydrogens is 456 g/mol. The molecule has 0 radical (unpaired) electrons. The second-order valence-electron chi connectivity index (χ2n) is 7.58. The average molecular weight is 481 g/mol. The maximum atomic E-state index is 11.8. The summed E-state index contributed by atoms with van der Waals surface area (Å²) < 4.78 is 25.4. The first-order chi connectivity index (χ1) is 16.2. The standard InChI is InChI=1S/C22H24N8O3S/c1-14-5-6-15(11-20(14)34(23,31)32)26-22-24-10-9-21(27-22)29(2)16-7-8-17-18(12-16)28-30(3)19(17)13-25-33-4/h5-13H,1-4H3,(H2,23,31,32)(H,24,26,27)/b25-13+. The predicted molar refractivity (Wildman–Crippen MR) is 131 cm³/mol. The molecule has 34 heavy (non-hydrogen) atoms. The highest BCUT2D eigenvalue weighted by molar-refractivity contribution is 7.89. The van der Waals surface area contributed by atoms with Gasteiger partial charge in [0.1, 0.15) is 12.9 Å². The van der Waals surface area contributed by atoms with Crippen molar-refractivity contribution in [3.05, 3.63) is 59.9 Å². The van der Waals surface area contributed by atoms with Crippen molar-refractivity contribution < 1.29 is 13.3 Å². The number of aromatic nitrogens is 4. The normalized spacial score (nSPS) is 11.8. The fraction of sp³-hybridized carbons (Fsp3) is 0.182. The van der Waals surface area contributed by atoms with Gasteiger partial charge in [-0.15, -0.1) is 0 Å². The molecule has 3 N–H and O–H groups in total. The Hall–Kier alpha value is -4.03. The van der Waals surface area contributed by atoms with Gasteiger partial charge in [0.05, 0.1) is 22.3 Å². The summed E-state index contributed by atoms with van der Waals surface area (Å²) in [5.41, 5.74) is 3.57. The van der Waals surface area contributed by atoms with Crippen LogP contribution in [-0.4, -0.2) is 48.5 Å². The summed E-state index contributed by atoms with van der Waals surface area (Å²) in [6, 6.07) is 12.5. The van der Waals surface area contributed by atoms with Gasteiger partial charge in [0.15, 0.2) is 0 Å². The van der Waals surface area contributed by atoms with E-state index in [1.165, 1.54) is 13.2 Å². The van der Waals surface area contributed by atoms with Crippen molar-refractivity contribution >= 4 is 50.3 Å². The molecule has 176 valence electrons. The number of nitrogens with one attached hydrogen (secondary N) is 1. The van der Waals surface area contributed by atoms with Crippen LogP contribution in [0.4, 0.5) is 23.1 Å². The molecule has 2 aromatic carbocycles. The number of nitrogens with zero attached hydrogens (tertiary/aromatic N) is 6. The van der Waals surface area contributed by atoms with Crippen LogP contribution in [0.15, 0.2) is 58.7 Å². The van der Waals surface area contributed by atoms with Gasteiger partial charge < -0.3 is 15.1 Å². The van der Waals surface area contributed by atoms with E-state index in [2.05, 4.69) is 25.5 Å². The number of sulfonamides is 1. The Bertz CT molecular complexity index is 1500. The lowest BCUT2D eigenvalue weighted by molar-refractivity contribution is 0.215. The third kappa shape index (κ3) is 4.67. The van der Waals surface area contributed by atoms with Crippen LogP contribution in [0.2, 0.25) is 0 Å². The van der Waals surface area contributed by atoms with Crippen LogP contribution in [0.25, 0.3) is 10.9 Å². The first-order valence-electron chi connectivity index (χ1n) is 10.2. The van der Waals surface area contributed by atoms with Crippen LogP contribution in [-0.2, 0) is 21.9 Å². The summed E-state index contributed by atoms with van der Waals surface area (Å²) in [6.07, 6.45) is 3.24. The molecule has 2 heterocycles. The Balaban J connectivity index is 1.62. The molecule has 2 aromatic heterocycles. The molecule has 0 amide bonds. The molecule has 0 saturated heterocycles. The molecule has 0 saturated carbocycles. The summed E-state index contributed by atoms with van der Waals surface area (Å²) in [6.45, 7) is 1.68. The van der Waals surface area contributed by atoms with Gasteiger partial charge in [-0.1, -0.05) is 11.2 Å². The smallest absolute Gasteiger partial charge is 0.238 e. The van der Waals surface area contributed by atoms with Crippen molar-refractivity contribution in [2.75, 3.05) is 24.4 Å². The molecule has 4 rings (SSSR count). The van der Waals surface area contributed by atoms with Crippen molar-refractivity contribution in [1.29, 1.82) is 0 Å². The molecule has 0 atom stereocenters. The Kier molecular flexibility index (Phi) is 6.18. The number of aryl methyl sites for hydroxylation is 2. The maximum absolute atomic E-state index is 11.8. The molecule has 0 unspecified atom stereocenters. The molecule has 4 aromatic rings. The zero-order valence-corrected chi connectivity index (χ0v) is 19.9. The number of primary sulfonamides is 1. The van der Waals surface area contributed by atoms with Crippen molar-refractivity contribution in [2.45, 2.75) is 11.8 Å². The molecule has 0 aliphatic rings. The van der Waals surface area contributed by atoms with E-state index in [0.717, 1.165) is 22.3 Å². The number of hydrogen-bond acceptors (Lipinski definition) is 9. The van der Waals surface area contributed by atoms with E-state index >= 15 is 0 Å². The van der Waals surface area contributed by atoms with Gasteiger partial charge in [-0.2, -0.15) is 10.1 Å². The van der Waals surface area contributed by atoms with E-state index in [-0.39, 0.29) is 4.90 Å². The molecule has 0 aliphatic heterocycles. The molecular formula is C22H24N8O3S. The first kappa shape index (κ1) is 23.1. The van der Waals surface area contributed by atoms with Crippen LogP contribution in [0.5, 0.6) is 0 Å². The predicted octanol–water partition coefficient (Wildman–Crippen LogP) is 2.81. The first-order valence-corrected chi connectivity index (χ1v) is 11.7. The van der Waals surface area contributed by atoms with Crippen LogP contribution >= 0.6 is 0 Å². The summed E-state index contributed by atoms with van der Waals surface area (Å²) in [7, 11) is 1.37. The minimum Gasteiger partial charge on any atom is -0.399 e. The summed E-state index contributed by atoms with van der Waals surface area (Å²) in [5, 5.41) is 17.7. The number of rotatable bonds is 7. The Labute approximate surface area is 196 Å². The zero-order chi connectivity index (χ0) is 24.5. The van der Waals surface area contributed by atoms with Crippen LogP contribution in [0.3, 0.4) is 0 Å². The van der Waals surface area contributed by atoms with Gasteiger partial charge in [0.25, 0.3) is 0 Å². The molecule has 0 bridgehead atoms. The summed E-state index contributed by atoms with van der Waals surface area (Å²) in [5.74, 6) is 0.943. The quantitative estimate of drug-likeness (QED) is 0.304. The number of nitrogens with two attached hydrogens (primary N) is 1. The average Bonchev–Trinajstić information content (AvgIpc) is 3.11. The molecule has 0 fully saturated rings. The fourth-order valence-corrected chi connectivity index (χ4v) is 4.32. The number of anilines is 4. The van der Waals surface area contributed by atoms with E-state index in [0.29, 0.717) is 23.0 Å². The number of hydrogen-bond donors (Lipinski definition) is 2. The molecule has 0 spiro atoms. The third-order valence-corrected chi connectivity index (χ3v) is 6.32. The lowest BCUT2D eigenvalue weighted by Gasteiger charge is -2.19. The Morgan fingerprint density at radius 2 is 2.00 bits per heavy atom. The van der Waals surface area contributed by atoms with E-state index in [9.17, 15) is 8.42 Å². The third-order valence-electron chi connectivity index (χ3n) is 5.27. The van der Waals surface area contributed by atoms with Crippen LogP contribution in [0, 0.1) is 6.92 Å². The van der Waals surface area contributed by atoms with E-state index < -0.39 is 10.0 Å². The van der Waals surface area contributed by atoms with Crippen LogP contribution < -0.4 is 15.4 Å². The zero-order valence-electron chi connectivity index (χ0n) is 19.1. The highest BCUT2D eigenvalue weighted by Crippen LogP contribution is 2.28. The van der Waals surface area contributed by atoms with E-state index in [1.54, 1.807) is 42.2 Å². The topological polar surface area (TPSA) is 141 Å². The molecule has 0 aliphatic carbocycles. The number of benzene rings is 2. The second-order valence-corrected chi connectivity index (χ2v) is 9.10. The highest BCUT2D eigenvalue weighted by atomic mass is 32.2. The van der Waals surface area contributed by atoms with Gasteiger partial charge in [-0.25, -0.2) is 18.5 Å². The number of oxime groups is 1. The van der Waals surface area contributed by atoms with Crippen molar-refractivity contribution in [2.24, 2.45) is 17.3 Å². The summed E-state index contributed by atoms with van der Waals surface area (Å²) in [4.78, 5) is 15.5. The van der Waals surface area contributed by atoms with Gasteiger partial charge in [0, 0.05) is 37.1 Å². The highest BCUT2D eigenvalue weighted by Gasteiger charge is 2.14. The Morgan fingerprint density at radius 1 is 1.21 bits per heavy atom. The van der Waals surface area contributed by atoms with Gasteiger partial charge in [0.2, 0.25) is 16.0 Å². The van der Waals surface area contributed by atoms with Gasteiger partial charge in [-0.05, 0) is 48.9 Å². The Morgan fingerprint density at radius 3 is 2.74 bits per heavy atom. The lowest BCUT2D eigenvalue weighted by Crippen LogP contribution is -2.14. The minimum absolute atomic E-state index is 0.0457. The lowest BCUT2D eigenvalue weighted by atomic mass is 10.2. The fourth-order valence-electron chi connectivity index (χ4n) is 3.52. The van der Waals surface area contributed by atoms with Crippen LogP contribution in [0.1, 0.15) is 11.3 Å². The minimum atomic E-state index is -3.84. The van der Waals surface area contributed by atoms with Gasteiger partial charge in [-0.3, -0.25) is 4.68 Å². The summed E-state index contributed by atoms with van der Waals surface area (Å²) >= 11 is 0. The van der Waals surface area contributed by atoms with E-state index in [1.807, 2.05) is 37.2 Å². The van der Waals surface area contributed by atoms with Crippen molar-refractivity contribution in [3.8, 4) is 0 Å². The number of fused-ring (bicyclic) bond motifs is 1. The maximum Gasteiger partial charge on any atom is 0.238 e. The largest absolute Gasteiger partial charge is 0.399 e. The molecule has 11 nitrogen and oxygen atoms in total. The molecule has 12 heteroatoms. The monoisotopic (exact) mass is 480 g/mol. The second kappa shape index (κ2) is 9.08. The van der Waals surface area contributed by atoms with Gasteiger partial charge >= 0.3 is 0 Å².